The van der Waals surface area contributed by atoms with E-state index in [4.69, 9.17) is 5.73 Å². The van der Waals surface area contributed by atoms with Gasteiger partial charge in [-0.2, -0.15) is 8.78 Å². The standard InChI is InChI=1S/C22H19F3N4O/c1-13-6-15(3-5-19(13)30-21(24)25)22(8-20(26)29-11-22)16-2-4-18(23)17(7-16)14-9-27-12-28-10-14/h2-10,12,21,29H,11,26H2,1H3. The molecule has 0 aliphatic carbocycles. The van der Waals surface area contributed by atoms with Gasteiger partial charge >= 0.3 is 6.61 Å². The number of aryl methyl sites for hydroxylation is 1. The van der Waals surface area contributed by atoms with Gasteiger partial charge < -0.3 is 15.8 Å². The van der Waals surface area contributed by atoms with Crippen LogP contribution in [0.3, 0.4) is 0 Å². The molecule has 0 radical (unpaired) electrons. The summed E-state index contributed by atoms with van der Waals surface area (Å²) in [7, 11) is 0. The Hall–Kier alpha value is -3.55. The minimum absolute atomic E-state index is 0.105. The van der Waals surface area contributed by atoms with E-state index in [9.17, 15) is 13.2 Å². The smallest absolute Gasteiger partial charge is 0.387 e. The first-order valence-corrected chi connectivity index (χ1v) is 9.22. The van der Waals surface area contributed by atoms with Crippen LogP contribution < -0.4 is 15.8 Å². The molecule has 1 atom stereocenters. The van der Waals surface area contributed by atoms with Gasteiger partial charge in [0.2, 0.25) is 0 Å². The lowest BCUT2D eigenvalue weighted by atomic mass is 9.74. The molecule has 1 aliphatic heterocycles. The molecule has 154 valence electrons. The number of hydrogen-bond acceptors (Lipinski definition) is 5. The summed E-state index contributed by atoms with van der Waals surface area (Å²) in [6.45, 7) is -0.772. The van der Waals surface area contributed by atoms with Gasteiger partial charge in [-0.3, -0.25) is 0 Å². The molecule has 2 aromatic carbocycles. The van der Waals surface area contributed by atoms with E-state index in [0.29, 0.717) is 29.1 Å². The molecule has 1 aromatic heterocycles. The van der Waals surface area contributed by atoms with Crippen LogP contribution in [0.4, 0.5) is 13.2 Å². The number of ether oxygens (including phenoxy) is 1. The van der Waals surface area contributed by atoms with E-state index < -0.39 is 17.8 Å². The van der Waals surface area contributed by atoms with Gasteiger partial charge in [-0.05, 0) is 47.9 Å². The zero-order valence-electron chi connectivity index (χ0n) is 16.1. The SMILES string of the molecule is Cc1cc(C2(c3ccc(F)c(-c4cncnc4)c3)C=C(N)NC2)ccc1OC(F)F. The fourth-order valence-corrected chi connectivity index (χ4v) is 3.76. The molecule has 0 saturated carbocycles. The first-order valence-electron chi connectivity index (χ1n) is 9.22. The second-order valence-electron chi connectivity index (χ2n) is 7.11. The molecule has 1 unspecified atom stereocenters. The summed E-state index contributed by atoms with van der Waals surface area (Å²) in [5.74, 6) is 0.186. The zero-order chi connectivity index (χ0) is 21.3. The van der Waals surface area contributed by atoms with Crippen molar-refractivity contribution in [2.45, 2.75) is 19.0 Å². The van der Waals surface area contributed by atoms with E-state index >= 15 is 0 Å². The molecule has 0 fully saturated rings. The third-order valence-electron chi connectivity index (χ3n) is 5.23. The quantitative estimate of drug-likeness (QED) is 0.665. The number of nitrogens with zero attached hydrogens (tertiary/aromatic N) is 2. The minimum atomic E-state index is -2.90. The second kappa shape index (κ2) is 7.70. The molecule has 8 heteroatoms. The summed E-state index contributed by atoms with van der Waals surface area (Å²) in [5, 5.41) is 3.12. The van der Waals surface area contributed by atoms with Gasteiger partial charge in [-0.15, -0.1) is 0 Å². The fraction of sp³-hybridized carbons (Fsp3) is 0.182. The van der Waals surface area contributed by atoms with Crippen LogP contribution in [-0.2, 0) is 5.41 Å². The van der Waals surface area contributed by atoms with Crippen molar-refractivity contribution in [2.75, 3.05) is 6.54 Å². The van der Waals surface area contributed by atoms with Crippen LogP contribution in [0.1, 0.15) is 16.7 Å². The number of hydrogen-bond donors (Lipinski definition) is 2. The third kappa shape index (κ3) is 3.56. The minimum Gasteiger partial charge on any atom is -0.435 e. The van der Waals surface area contributed by atoms with Crippen molar-refractivity contribution in [3.8, 4) is 16.9 Å². The summed E-state index contributed by atoms with van der Waals surface area (Å²) >= 11 is 0. The molecule has 5 nitrogen and oxygen atoms in total. The lowest BCUT2D eigenvalue weighted by Gasteiger charge is -2.29. The Morgan fingerprint density at radius 3 is 2.43 bits per heavy atom. The van der Waals surface area contributed by atoms with Crippen molar-refractivity contribution in [2.24, 2.45) is 5.73 Å². The van der Waals surface area contributed by atoms with Gasteiger partial charge in [0.05, 0.1) is 11.2 Å². The summed E-state index contributed by atoms with van der Waals surface area (Å²) in [6.07, 6.45) is 6.32. The second-order valence-corrected chi connectivity index (χ2v) is 7.11. The van der Waals surface area contributed by atoms with Gasteiger partial charge in [0.15, 0.2) is 0 Å². The van der Waals surface area contributed by atoms with Crippen LogP contribution in [0.15, 0.2) is 67.0 Å². The summed E-state index contributed by atoms with van der Waals surface area (Å²) < 4.78 is 44.4. The van der Waals surface area contributed by atoms with Gasteiger partial charge in [0.25, 0.3) is 0 Å². The molecule has 3 aromatic rings. The molecule has 4 rings (SSSR count). The highest BCUT2D eigenvalue weighted by Gasteiger charge is 2.37. The third-order valence-corrected chi connectivity index (χ3v) is 5.23. The molecule has 0 spiro atoms. The largest absolute Gasteiger partial charge is 0.435 e. The van der Waals surface area contributed by atoms with Gasteiger partial charge in [-0.1, -0.05) is 18.2 Å². The lowest BCUT2D eigenvalue weighted by Crippen LogP contribution is -2.31. The Balaban J connectivity index is 1.84. The van der Waals surface area contributed by atoms with Crippen molar-refractivity contribution in [1.82, 2.24) is 15.3 Å². The molecule has 0 amide bonds. The van der Waals surface area contributed by atoms with Crippen molar-refractivity contribution in [3.05, 3.63) is 89.5 Å². The summed E-state index contributed by atoms with van der Waals surface area (Å²) in [5.41, 5.74) is 8.39. The highest BCUT2D eigenvalue weighted by molar-refractivity contribution is 5.65. The highest BCUT2D eigenvalue weighted by atomic mass is 19.3. The Bertz CT molecular complexity index is 1100. The molecule has 1 aliphatic rings. The number of alkyl halides is 2. The monoisotopic (exact) mass is 412 g/mol. The van der Waals surface area contributed by atoms with Gasteiger partial charge in [0.1, 0.15) is 17.9 Å². The Kier molecular flexibility index (Phi) is 5.07. The van der Waals surface area contributed by atoms with E-state index in [0.717, 1.165) is 11.1 Å². The molecule has 0 bridgehead atoms. The summed E-state index contributed by atoms with van der Waals surface area (Å²) in [6, 6.07) is 9.83. The average molecular weight is 412 g/mol. The van der Waals surface area contributed by atoms with Crippen molar-refractivity contribution >= 4 is 0 Å². The number of rotatable bonds is 5. The Labute approximate surface area is 171 Å². The van der Waals surface area contributed by atoms with E-state index in [1.807, 2.05) is 6.08 Å². The van der Waals surface area contributed by atoms with Gasteiger partial charge in [-0.25, -0.2) is 14.4 Å². The fourth-order valence-electron chi connectivity index (χ4n) is 3.76. The van der Waals surface area contributed by atoms with Crippen molar-refractivity contribution in [3.63, 3.8) is 0 Å². The number of halogens is 3. The molecule has 3 N–H and O–H groups in total. The predicted molar refractivity (Wildman–Crippen MR) is 106 cm³/mol. The van der Waals surface area contributed by atoms with Crippen LogP contribution in [0.5, 0.6) is 5.75 Å². The van der Waals surface area contributed by atoms with Crippen molar-refractivity contribution < 1.29 is 17.9 Å². The van der Waals surface area contributed by atoms with Crippen LogP contribution in [0.25, 0.3) is 11.1 Å². The Morgan fingerprint density at radius 1 is 1.10 bits per heavy atom. The number of nitrogens with one attached hydrogen (secondary N) is 1. The normalized spacial score (nSPS) is 18.2. The van der Waals surface area contributed by atoms with Crippen LogP contribution >= 0.6 is 0 Å². The van der Waals surface area contributed by atoms with E-state index in [1.54, 1.807) is 43.6 Å². The zero-order valence-corrected chi connectivity index (χ0v) is 16.1. The maximum absolute atomic E-state index is 14.6. The lowest BCUT2D eigenvalue weighted by molar-refractivity contribution is -0.0503. The number of aromatic nitrogens is 2. The topological polar surface area (TPSA) is 73.1 Å². The van der Waals surface area contributed by atoms with E-state index in [-0.39, 0.29) is 5.75 Å². The van der Waals surface area contributed by atoms with E-state index in [1.165, 1.54) is 18.5 Å². The summed E-state index contributed by atoms with van der Waals surface area (Å²) in [4.78, 5) is 7.93. The first-order chi connectivity index (χ1) is 14.4. The molecule has 0 saturated heterocycles. The number of nitrogens with two attached hydrogens (primary N) is 1. The van der Waals surface area contributed by atoms with Gasteiger partial charge in [0, 0.05) is 30.1 Å². The van der Waals surface area contributed by atoms with Crippen LogP contribution in [0.2, 0.25) is 0 Å². The van der Waals surface area contributed by atoms with Crippen LogP contribution in [0, 0.1) is 12.7 Å². The Morgan fingerprint density at radius 2 is 1.80 bits per heavy atom. The average Bonchev–Trinajstić information content (AvgIpc) is 3.13. The van der Waals surface area contributed by atoms with Crippen LogP contribution in [-0.4, -0.2) is 23.1 Å². The van der Waals surface area contributed by atoms with Crippen molar-refractivity contribution in [1.29, 1.82) is 0 Å². The number of benzene rings is 2. The first kappa shape index (κ1) is 19.8. The molecule has 30 heavy (non-hydrogen) atoms. The predicted octanol–water partition coefficient (Wildman–Crippen LogP) is 3.88. The molecular formula is C22H19F3N4O. The molecule has 2 heterocycles. The van der Waals surface area contributed by atoms with E-state index in [2.05, 4.69) is 20.0 Å². The highest BCUT2D eigenvalue weighted by Crippen LogP contribution is 2.40. The maximum Gasteiger partial charge on any atom is 0.387 e. The maximum atomic E-state index is 14.6. The molecular weight excluding hydrogens is 393 g/mol.